The van der Waals surface area contributed by atoms with E-state index in [1.165, 1.54) is 11.3 Å². The van der Waals surface area contributed by atoms with Gasteiger partial charge in [0.2, 0.25) is 11.8 Å². The predicted octanol–water partition coefficient (Wildman–Crippen LogP) is 4.66. The minimum Gasteiger partial charge on any atom is -0.456 e. The summed E-state index contributed by atoms with van der Waals surface area (Å²) in [5.41, 5.74) is 2.45. The Kier molecular flexibility index (Phi) is 2.86. The van der Waals surface area contributed by atoms with Gasteiger partial charge in [0.1, 0.15) is 11.3 Å². The van der Waals surface area contributed by atoms with Crippen LogP contribution in [0.1, 0.15) is 6.42 Å². The molecular weight excluding hydrogens is 362 g/mol. The van der Waals surface area contributed by atoms with Crippen LogP contribution in [0.15, 0.2) is 71.2 Å². The second-order valence-electron chi connectivity index (χ2n) is 8.86. The lowest BCUT2D eigenvalue weighted by molar-refractivity contribution is -0.124. The maximum absolute atomic E-state index is 13.2. The van der Waals surface area contributed by atoms with E-state index in [4.69, 9.17) is 4.42 Å². The normalized spacial score (nSPS) is 34.0. The van der Waals surface area contributed by atoms with Gasteiger partial charge in [-0.1, -0.05) is 30.4 Å². The van der Waals surface area contributed by atoms with E-state index in [-0.39, 0.29) is 35.5 Å². The van der Waals surface area contributed by atoms with Gasteiger partial charge in [0, 0.05) is 10.9 Å². The van der Waals surface area contributed by atoms with E-state index < -0.39 is 0 Å². The van der Waals surface area contributed by atoms with Gasteiger partial charge in [-0.15, -0.1) is 0 Å². The molecule has 1 aromatic heterocycles. The number of fused-ring (bicyclic) bond motifs is 1. The molecule has 0 N–H and O–H groups in total. The Balaban J connectivity index is 1.23. The van der Waals surface area contributed by atoms with Crippen molar-refractivity contribution >= 4 is 28.5 Å². The van der Waals surface area contributed by atoms with E-state index in [1.807, 2.05) is 54.6 Å². The molecular formula is C25H19NO3. The molecule has 5 aliphatic rings. The van der Waals surface area contributed by atoms with Crippen molar-refractivity contribution in [2.24, 2.45) is 35.5 Å². The molecule has 2 bridgehead atoms. The van der Waals surface area contributed by atoms with Crippen molar-refractivity contribution in [2.45, 2.75) is 6.42 Å². The molecule has 8 rings (SSSR count). The van der Waals surface area contributed by atoms with Gasteiger partial charge in [-0.2, -0.15) is 0 Å². The van der Waals surface area contributed by atoms with E-state index in [2.05, 4.69) is 12.2 Å². The number of carbonyl (C=O) groups excluding carboxylic acids is 2. The molecule has 0 radical (unpaired) electrons. The molecule has 1 saturated heterocycles. The van der Waals surface area contributed by atoms with Crippen molar-refractivity contribution in [3.8, 4) is 11.3 Å². The number of benzene rings is 2. The smallest absolute Gasteiger partial charge is 0.238 e. The van der Waals surface area contributed by atoms with Crippen LogP contribution in [0.4, 0.5) is 5.69 Å². The van der Waals surface area contributed by atoms with Crippen LogP contribution < -0.4 is 4.90 Å². The molecule has 6 atom stereocenters. The molecule has 1 aliphatic heterocycles. The van der Waals surface area contributed by atoms with Crippen molar-refractivity contribution in [3.05, 3.63) is 66.7 Å². The number of imide groups is 1. The zero-order chi connectivity index (χ0) is 19.3. The summed E-state index contributed by atoms with van der Waals surface area (Å²) >= 11 is 0. The number of para-hydroxylation sites is 1. The van der Waals surface area contributed by atoms with Crippen molar-refractivity contribution in [3.63, 3.8) is 0 Å². The van der Waals surface area contributed by atoms with Gasteiger partial charge in [-0.3, -0.25) is 14.5 Å². The molecule has 29 heavy (non-hydrogen) atoms. The van der Waals surface area contributed by atoms with Gasteiger partial charge in [0.15, 0.2) is 0 Å². The molecule has 2 amide bonds. The topological polar surface area (TPSA) is 50.5 Å². The molecule has 3 fully saturated rings. The zero-order valence-corrected chi connectivity index (χ0v) is 15.7. The van der Waals surface area contributed by atoms with Gasteiger partial charge in [0.05, 0.1) is 17.5 Å². The highest BCUT2D eigenvalue weighted by Gasteiger charge is 2.67. The number of nitrogens with zero attached hydrogens (tertiary/aromatic N) is 1. The number of allylic oxidation sites excluding steroid dienone is 2. The van der Waals surface area contributed by atoms with Gasteiger partial charge in [0.25, 0.3) is 0 Å². The highest BCUT2D eigenvalue weighted by Crippen LogP contribution is 2.65. The largest absolute Gasteiger partial charge is 0.456 e. The molecule has 2 aromatic carbocycles. The number of carbonyl (C=O) groups is 2. The first-order valence-electron chi connectivity index (χ1n) is 10.4. The first kappa shape index (κ1) is 15.7. The fourth-order valence-corrected chi connectivity index (χ4v) is 6.11. The van der Waals surface area contributed by atoms with Gasteiger partial charge >= 0.3 is 0 Å². The molecule has 4 heteroatoms. The molecule has 4 aliphatic carbocycles. The SMILES string of the molecule is O=C1[C@H]2[C@@H]3C=C[C@H]([C@H]4C[C@H]34)[C@@H]2C(=O)N1c1ccc(-c2cc3ccccc3o2)cc1. The lowest BCUT2D eigenvalue weighted by Crippen LogP contribution is -2.40. The van der Waals surface area contributed by atoms with Gasteiger partial charge in [-0.05, 0) is 66.5 Å². The predicted molar refractivity (Wildman–Crippen MR) is 109 cm³/mol. The summed E-state index contributed by atoms with van der Waals surface area (Å²) in [7, 11) is 0. The number of hydrogen-bond acceptors (Lipinski definition) is 3. The Labute approximate surface area is 167 Å². The zero-order valence-electron chi connectivity index (χ0n) is 15.7. The third-order valence-corrected chi connectivity index (χ3v) is 7.50. The molecule has 2 saturated carbocycles. The summed E-state index contributed by atoms with van der Waals surface area (Å²) in [5.74, 6) is 2.21. The Bertz CT molecular complexity index is 1150. The van der Waals surface area contributed by atoms with Crippen molar-refractivity contribution in [1.29, 1.82) is 0 Å². The van der Waals surface area contributed by atoms with Crippen molar-refractivity contribution in [1.82, 2.24) is 0 Å². The van der Waals surface area contributed by atoms with Crippen LogP contribution in [0, 0.1) is 35.5 Å². The fraction of sp³-hybridized carbons (Fsp3) is 0.280. The van der Waals surface area contributed by atoms with Crippen molar-refractivity contribution in [2.75, 3.05) is 4.90 Å². The van der Waals surface area contributed by atoms with E-state index >= 15 is 0 Å². The molecule has 3 aromatic rings. The van der Waals surface area contributed by atoms with E-state index in [1.54, 1.807) is 0 Å². The van der Waals surface area contributed by atoms with Gasteiger partial charge in [-0.25, -0.2) is 0 Å². The van der Waals surface area contributed by atoms with Crippen molar-refractivity contribution < 1.29 is 14.0 Å². The Morgan fingerprint density at radius 1 is 0.828 bits per heavy atom. The van der Waals surface area contributed by atoms with Crippen LogP contribution in [-0.2, 0) is 9.59 Å². The highest BCUT2D eigenvalue weighted by atomic mass is 16.3. The van der Waals surface area contributed by atoms with Crippen LogP contribution in [0.2, 0.25) is 0 Å². The number of rotatable bonds is 2. The van der Waals surface area contributed by atoms with Crippen LogP contribution in [0.25, 0.3) is 22.3 Å². The number of furan rings is 1. The lowest BCUT2D eigenvalue weighted by atomic mass is 9.63. The third kappa shape index (κ3) is 1.99. The minimum atomic E-state index is -0.156. The quantitative estimate of drug-likeness (QED) is 0.479. The standard InChI is InChI=1S/C25H19NO3/c27-24-22-16-9-10-17(19-12-18(16)19)23(22)25(28)26(24)15-7-5-13(6-8-15)21-11-14-3-1-2-4-20(14)29-21/h1-11,16-19,22-23H,12H2/t16-,17-,18-,19-,22+,23+/m1/s1. The summed E-state index contributed by atoms with van der Waals surface area (Å²) in [6.45, 7) is 0. The Morgan fingerprint density at radius 3 is 2.14 bits per heavy atom. The fourth-order valence-electron chi connectivity index (χ4n) is 6.11. The number of anilines is 1. The summed E-state index contributed by atoms with van der Waals surface area (Å²) in [4.78, 5) is 27.9. The Hall–Kier alpha value is -3.14. The first-order valence-corrected chi connectivity index (χ1v) is 10.4. The molecule has 0 spiro atoms. The average molecular weight is 381 g/mol. The maximum atomic E-state index is 13.2. The van der Waals surface area contributed by atoms with Gasteiger partial charge < -0.3 is 4.42 Å². The van der Waals surface area contributed by atoms with Crippen LogP contribution in [0.3, 0.4) is 0 Å². The first-order chi connectivity index (χ1) is 14.2. The van der Waals surface area contributed by atoms with E-state index in [0.717, 1.165) is 22.3 Å². The third-order valence-electron chi connectivity index (χ3n) is 7.50. The van der Waals surface area contributed by atoms with Crippen LogP contribution in [0.5, 0.6) is 0 Å². The summed E-state index contributed by atoms with van der Waals surface area (Å²) in [6, 6.07) is 17.5. The molecule has 142 valence electrons. The molecule has 0 unspecified atom stereocenters. The second kappa shape index (κ2) is 5.26. The lowest BCUT2D eigenvalue weighted by Gasteiger charge is -2.37. The second-order valence-corrected chi connectivity index (χ2v) is 8.86. The minimum absolute atomic E-state index is 0.0128. The number of hydrogen-bond donors (Lipinski definition) is 0. The summed E-state index contributed by atoms with van der Waals surface area (Å²) < 4.78 is 5.94. The molecule has 2 heterocycles. The van der Waals surface area contributed by atoms with E-state index in [9.17, 15) is 9.59 Å². The maximum Gasteiger partial charge on any atom is 0.238 e. The average Bonchev–Trinajstić information content (AvgIpc) is 3.40. The summed E-state index contributed by atoms with van der Waals surface area (Å²) in [6.07, 6.45) is 5.60. The van der Waals surface area contributed by atoms with E-state index in [0.29, 0.717) is 17.5 Å². The monoisotopic (exact) mass is 381 g/mol. The number of amides is 2. The van der Waals surface area contributed by atoms with Crippen LogP contribution >= 0.6 is 0 Å². The van der Waals surface area contributed by atoms with Crippen LogP contribution in [-0.4, -0.2) is 11.8 Å². The Morgan fingerprint density at radius 2 is 1.48 bits per heavy atom. The highest BCUT2D eigenvalue weighted by molar-refractivity contribution is 6.22. The molecule has 4 nitrogen and oxygen atoms in total. The summed E-state index contributed by atoms with van der Waals surface area (Å²) in [5, 5.41) is 1.06.